The molecule has 3 atom stereocenters. The van der Waals surface area contributed by atoms with Crippen molar-refractivity contribution in [3.63, 3.8) is 0 Å². The van der Waals surface area contributed by atoms with Crippen LogP contribution in [0.2, 0.25) is 0 Å². The molecule has 3 unspecified atom stereocenters. The van der Waals surface area contributed by atoms with Crippen molar-refractivity contribution >= 4 is 9.84 Å². The lowest BCUT2D eigenvalue weighted by Gasteiger charge is -2.37. The maximum absolute atomic E-state index is 11.6. The summed E-state index contributed by atoms with van der Waals surface area (Å²) in [5.74, 6) is 0.351. The van der Waals surface area contributed by atoms with Crippen LogP contribution in [0.5, 0.6) is 0 Å². The first-order valence-corrected chi connectivity index (χ1v) is 8.65. The zero-order chi connectivity index (χ0) is 13.2. The molecule has 2 rings (SSSR count). The molecule has 0 bridgehead atoms. The van der Waals surface area contributed by atoms with E-state index >= 15 is 0 Å². The average molecular weight is 276 g/mol. The van der Waals surface area contributed by atoms with Gasteiger partial charge in [-0.2, -0.15) is 0 Å². The fraction of sp³-hybridized carbons (Fsp3) is 1.00. The summed E-state index contributed by atoms with van der Waals surface area (Å²) < 4.78 is 29.0. The van der Waals surface area contributed by atoms with Gasteiger partial charge in [-0.3, -0.25) is 4.90 Å². The van der Waals surface area contributed by atoms with Gasteiger partial charge < -0.3 is 10.5 Å². The van der Waals surface area contributed by atoms with Crippen LogP contribution in [-0.2, 0) is 14.6 Å². The Kier molecular flexibility index (Phi) is 4.64. The molecule has 5 nitrogen and oxygen atoms in total. The Morgan fingerprint density at radius 3 is 2.78 bits per heavy atom. The number of nitrogens with two attached hydrogens (primary N) is 1. The summed E-state index contributed by atoms with van der Waals surface area (Å²) in [5.41, 5.74) is 5.97. The van der Waals surface area contributed by atoms with Crippen molar-refractivity contribution in [2.24, 2.45) is 5.73 Å². The van der Waals surface area contributed by atoms with Gasteiger partial charge in [-0.15, -0.1) is 0 Å². The first kappa shape index (κ1) is 14.2. The molecule has 2 heterocycles. The van der Waals surface area contributed by atoms with Crippen LogP contribution in [0.25, 0.3) is 0 Å². The molecular weight excluding hydrogens is 252 g/mol. The first-order chi connectivity index (χ1) is 8.52. The Balaban J connectivity index is 1.92. The second-order valence-electron chi connectivity index (χ2n) is 5.44. The summed E-state index contributed by atoms with van der Waals surface area (Å²) >= 11 is 0. The van der Waals surface area contributed by atoms with Crippen molar-refractivity contribution in [3.05, 3.63) is 0 Å². The van der Waals surface area contributed by atoms with E-state index in [0.717, 1.165) is 39.0 Å². The molecule has 0 amide bonds. The number of sulfone groups is 1. The molecule has 0 aliphatic carbocycles. The highest BCUT2D eigenvalue weighted by molar-refractivity contribution is 7.91. The molecule has 2 aliphatic rings. The summed E-state index contributed by atoms with van der Waals surface area (Å²) in [6, 6.07) is -0.247. The van der Waals surface area contributed by atoms with Crippen molar-refractivity contribution in [3.8, 4) is 0 Å². The van der Waals surface area contributed by atoms with Crippen molar-refractivity contribution in [2.75, 3.05) is 31.2 Å². The first-order valence-electron chi connectivity index (χ1n) is 6.83. The van der Waals surface area contributed by atoms with Gasteiger partial charge in [0.1, 0.15) is 0 Å². The predicted molar refractivity (Wildman–Crippen MR) is 71.3 cm³/mol. The second-order valence-corrected chi connectivity index (χ2v) is 7.59. The highest BCUT2D eigenvalue weighted by Gasteiger charge is 2.40. The van der Waals surface area contributed by atoms with Gasteiger partial charge in [0.25, 0.3) is 0 Å². The van der Waals surface area contributed by atoms with Crippen LogP contribution in [0.3, 0.4) is 0 Å². The summed E-state index contributed by atoms with van der Waals surface area (Å²) in [5, 5.41) is 0. The molecule has 2 N–H and O–H groups in total. The van der Waals surface area contributed by atoms with Gasteiger partial charge in [-0.1, -0.05) is 6.92 Å². The van der Waals surface area contributed by atoms with Crippen LogP contribution in [0, 0.1) is 0 Å². The van der Waals surface area contributed by atoms with E-state index in [1.165, 1.54) is 0 Å². The number of nitrogens with zero attached hydrogens (tertiary/aromatic N) is 1. The van der Waals surface area contributed by atoms with Crippen molar-refractivity contribution in [1.29, 1.82) is 0 Å². The summed E-state index contributed by atoms with van der Waals surface area (Å²) in [6.07, 6.45) is 3.41. The fourth-order valence-electron chi connectivity index (χ4n) is 2.92. The molecule has 18 heavy (non-hydrogen) atoms. The maximum Gasteiger partial charge on any atom is 0.153 e. The van der Waals surface area contributed by atoms with Crippen molar-refractivity contribution in [2.45, 2.75) is 44.4 Å². The SMILES string of the molecule is CCCOC1CCCN(C2CS(=O)(=O)CC2N)C1. The molecule has 0 aromatic heterocycles. The van der Waals surface area contributed by atoms with Crippen LogP contribution in [-0.4, -0.2) is 62.7 Å². The standard InChI is InChI=1S/C12H24N2O3S/c1-2-6-17-10-4-3-5-14(7-10)12-9-18(15,16)8-11(12)13/h10-12H,2-9,13H2,1H3. The van der Waals surface area contributed by atoms with E-state index in [-0.39, 0.29) is 29.7 Å². The quantitative estimate of drug-likeness (QED) is 0.782. The molecule has 6 heteroatoms. The molecule has 0 aromatic carbocycles. The number of hydrogen-bond acceptors (Lipinski definition) is 5. The van der Waals surface area contributed by atoms with Gasteiger partial charge in [0.15, 0.2) is 9.84 Å². The average Bonchev–Trinajstić information content (AvgIpc) is 2.60. The third-order valence-corrected chi connectivity index (χ3v) is 5.54. The molecule has 0 aromatic rings. The summed E-state index contributed by atoms with van der Waals surface area (Å²) in [6.45, 7) is 4.65. The van der Waals surface area contributed by atoms with Crippen LogP contribution in [0.4, 0.5) is 0 Å². The minimum atomic E-state index is -2.94. The lowest BCUT2D eigenvalue weighted by molar-refractivity contribution is -0.0111. The Bertz CT molecular complexity index is 372. The van der Waals surface area contributed by atoms with Crippen LogP contribution >= 0.6 is 0 Å². The lowest BCUT2D eigenvalue weighted by Crippen LogP contribution is -2.52. The molecule has 2 saturated heterocycles. The molecule has 2 aliphatic heterocycles. The summed E-state index contributed by atoms with van der Waals surface area (Å²) in [7, 11) is -2.94. The monoisotopic (exact) mass is 276 g/mol. The lowest BCUT2D eigenvalue weighted by atomic mass is 10.0. The molecule has 0 radical (unpaired) electrons. The van der Waals surface area contributed by atoms with Crippen LogP contribution < -0.4 is 5.73 Å². The molecule has 106 valence electrons. The van der Waals surface area contributed by atoms with E-state index in [1.807, 2.05) is 0 Å². The minimum Gasteiger partial charge on any atom is -0.377 e. The van der Waals surface area contributed by atoms with Crippen LogP contribution in [0.15, 0.2) is 0 Å². The number of piperidine rings is 1. The molecular formula is C12H24N2O3S. The number of ether oxygens (including phenoxy) is 1. The third-order valence-electron chi connectivity index (χ3n) is 3.80. The van der Waals surface area contributed by atoms with E-state index in [0.29, 0.717) is 0 Å². The maximum atomic E-state index is 11.6. The second kappa shape index (κ2) is 5.86. The largest absolute Gasteiger partial charge is 0.377 e. The zero-order valence-corrected chi connectivity index (χ0v) is 11.9. The molecule has 0 saturated carbocycles. The smallest absolute Gasteiger partial charge is 0.153 e. The highest BCUT2D eigenvalue weighted by Crippen LogP contribution is 2.22. The number of likely N-dealkylation sites (tertiary alicyclic amines) is 1. The van der Waals surface area contributed by atoms with Crippen LogP contribution in [0.1, 0.15) is 26.2 Å². The van der Waals surface area contributed by atoms with Gasteiger partial charge in [0, 0.05) is 25.2 Å². The molecule has 0 spiro atoms. The summed E-state index contributed by atoms with van der Waals surface area (Å²) in [4.78, 5) is 2.22. The van der Waals surface area contributed by atoms with E-state index in [4.69, 9.17) is 10.5 Å². The van der Waals surface area contributed by atoms with Crippen molar-refractivity contribution in [1.82, 2.24) is 4.90 Å². The van der Waals surface area contributed by atoms with E-state index in [1.54, 1.807) is 0 Å². The Morgan fingerprint density at radius 2 is 2.17 bits per heavy atom. The Labute approximate surface area is 110 Å². The topological polar surface area (TPSA) is 72.6 Å². The Morgan fingerprint density at radius 1 is 1.39 bits per heavy atom. The Hall–Kier alpha value is -0.170. The van der Waals surface area contributed by atoms with E-state index in [2.05, 4.69) is 11.8 Å². The molecule has 2 fully saturated rings. The third kappa shape index (κ3) is 3.44. The van der Waals surface area contributed by atoms with Gasteiger partial charge >= 0.3 is 0 Å². The normalized spacial score (nSPS) is 36.9. The van der Waals surface area contributed by atoms with Gasteiger partial charge in [0.2, 0.25) is 0 Å². The van der Waals surface area contributed by atoms with Gasteiger partial charge in [-0.05, 0) is 25.8 Å². The minimum absolute atomic E-state index is 0.0111. The van der Waals surface area contributed by atoms with Crippen molar-refractivity contribution < 1.29 is 13.2 Å². The fourth-order valence-corrected chi connectivity index (χ4v) is 4.84. The van der Waals surface area contributed by atoms with Gasteiger partial charge in [0.05, 0.1) is 17.6 Å². The highest BCUT2D eigenvalue weighted by atomic mass is 32.2. The number of hydrogen-bond donors (Lipinski definition) is 1. The van der Waals surface area contributed by atoms with Gasteiger partial charge in [-0.25, -0.2) is 8.42 Å². The predicted octanol–water partition coefficient (Wildman–Crippen LogP) is 0.00170. The van der Waals surface area contributed by atoms with E-state index in [9.17, 15) is 8.42 Å². The van der Waals surface area contributed by atoms with E-state index < -0.39 is 9.84 Å². The zero-order valence-electron chi connectivity index (χ0n) is 11.0. The number of rotatable bonds is 4.